The van der Waals surface area contributed by atoms with Crippen molar-refractivity contribution in [3.8, 4) is 0 Å². The van der Waals surface area contributed by atoms with Gasteiger partial charge >= 0.3 is 6.18 Å². The Hall–Kier alpha value is -3.00. The fourth-order valence-corrected chi connectivity index (χ4v) is 5.04. The van der Waals surface area contributed by atoms with Crippen LogP contribution in [0.4, 0.5) is 13.2 Å². The molecule has 2 aromatic carbocycles. The zero-order chi connectivity index (χ0) is 28.1. The number of likely N-dealkylation sites (tertiary alicyclic amines) is 1. The summed E-state index contributed by atoms with van der Waals surface area (Å²) in [6, 6.07) is 8.84. The van der Waals surface area contributed by atoms with Crippen molar-refractivity contribution in [1.29, 1.82) is 0 Å². The third kappa shape index (κ3) is 7.31. The van der Waals surface area contributed by atoms with Crippen molar-refractivity contribution in [3.05, 3.63) is 70.3 Å². The van der Waals surface area contributed by atoms with Crippen molar-refractivity contribution in [1.82, 2.24) is 4.90 Å². The molecule has 0 aliphatic carbocycles. The van der Waals surface area contributed by atoms with Crippen LogP contribution >= 0.6 is 0 Å². The Bertz CT molecular complexity index is 1150. The molecule has 1 aliphatic rings. The number of amides is 1. The number of carbonyl (C=O) groups excluding carboxylic acids is 3. The number of Topliss-reactive ketones (excluding diaryl/α,β-unsaturated/α-hetero) is 1. The molecule has 1 amide bonds. The lowest BCUT2D eigenvalue weighted by Gasteiger charge is -2.40. The van der Waals surface area contributed by atoms with Gasteiger partial charge in [0.1, 0.15) is 0 Å². The fourth-order valence-electron chi connectivity index (χ4n) is 5.04. The third-order valence-electron chi connectivity index (χ3n) is 7.60. The van der Waals surface area contributed by atoms with Gasteiger partial charge in [-0.15, -0.1) is 0 Å². The molecule has 0 saturated carbocycles. The van der Waals surface area contributed by atoms with E-state index in [1.165, 1.54) is 30.3 Å². The first-order valence-corrected chi connectivity index (χ1v) is 13.3. The summed E-state index contributed by atoms with van der Waals surface area (Å²) in [5.41, 5.74) is -1.32. The highest BCUT2D eigenvalue weighted by molar-refractivity contribution is 6.09. The molecular formula is C30H36F3NO4. The van der Waals surface area contributed by atoms with E-state index in [1.54, 1.807) is 11.8 Å². The maximum Gasteiger partial charge on any atom is 0.416 e. The topological polar surface area (TPSA) is 74.7 Å². The first-order chi connectivity index (χ1) is 17.9. The second kappa shape index (κ2) is 12.2. The Kier molecular flexibility index (Phi) is 9.52. The Balaban J connectivity index is 1.77. The van der Waals surface area contributed by atoms with Crippen molar-refractivity contribution in [2.24, 2.45) is 5.92 Å². The summed E-state index contributed by atoms with van der Waals surface area (Å²) in [5, 5.41) is 11.0. The zero-order valence-corrected chi connectivity index (χ0v) is 22.2. The van der Waals surface area contributed by atoms with E-state index in [9.17, 15) is 32.7 Å². The van der Waals surface area contributed by atoms with Gasteiger partial charge in [0, 0.05) is 36.2 Å². The smallest absolute Gasteiger partial charge is 0.390 e. The molecule has 5 nitrogen and oxygen atoms in total. The molecule has 1 N–H and O–H groups in total. The van der Waals surface area contributed by atoms with Gasteiger partial charge in [0.2, 0.25) is 5.91 Å². The van der Waals surface area contributed by atoms with Gasteiger partial charge in [-0.25, -0.2) is 0 Å². The quantitative estimate of drug-likeness (QED) is 0.368. The minimum absolute atomic E-state index is 0.101. The standard InChI is InChI=1S/C30H36F3NO4/c1-4-20(5-2)19-29(38)11-13-34(14-12-29)27(36)17-21-15-24(18-25(16-21)30(31,32)33)28(37)23-9-7-22(8-10-23)26(35)6-3/h7-10,15-16,18,20,38H,4-6,11-14,17,19H2,1-3H3. The fraction of sp³-hybridized carbons (Fsp3) is 0.500. The normalized spacial score (nSPS) is 15.5. The molecular weight excluding hydrogens is 495 g/mol. The molecule has 1 aliphatic heterocycles. The number of ketones is 2. The molecule has 0 unspecified atom stereocenters. The van der Waals surface area contributed by atoms with Crippen molar-refractivity contribution < 1.29 is 32.7 Å². The molecule has 2 aromatic rings. The van der Waals surface area contributed by atoms with Gasteiger partial charge in [-0.3, -0.25) is 14.4 Å². The monoisotopic (exact) mass is 531 g/mol. The van der Waals surface area contributed by atoms with Crippen LogP contribution in [0.2, 0.25) is 0 Å². The van der Waals surface area contributed by atoms with Crippen molar-refractivity contribution in [3.63, 3.8) is 0 Å². The van der Waals surface area contributed by atoms with Crippen LogP contribution in [0.1, 0.15) is 96.7 Å². The Morgan fingerprint density at radius 1 is 0.921 bits per heavy atom. The molecule has 206 valence electrons. The number of carbonyl (C=O) groups is 3. The summed E-state index contributed by atoms with van der Waals surface area (Å²) in [5.74, 6) is -0.651. The number of hydrogen-bond donors (Lipinski definition) is 1. The van der Waals surface area contributed by atoms with Gasteiger partial charge in [-0.1, -0.05) is 57.9 Å². The molecule has 1 heterocycles. The SMILES string of the molecule is CCC(=O)c1ccc(C(=O)c2cc(CC(=O)N3CCC(O)(CC(CC)CC)CC3)cc(C(F)(F)F)c2)cc1. The second-order valence-corrected chi connectivity index (χ2v) is 10.3. The molecule has 0 spiro atoms. The number of alkyl halides is 3. The van der Waals surface area contributed by atoms with Gasteiger partial charge in [0.25, 0.3) is 0 Å². The van der Waals surface area contributed by atoms with Crippen molar-refractivity contribution >= 4 is 17.5 Å². The van der Waals surface area contributed by atoms with E-state index in [4.69, 9.17) is 0 Å². The van der Waals surface area contributed by atoms with Gasteiger partial charge < -0.3 is 10.0 Å². The third-order valence-corrected chi connectivity index (χ3v) is 7.60. The van der Waals surface area contributed by atoms with Crippen LogP contribution in [0.3, 0.4) is 0 Å². The van der Waals surface area contributed by atoms with E-state index in [-0.39, 0.29) is 34.8 Å². The number of hydrogen-bond acceptors (Lipinski definition) is 4. The van der Waals surface area contributed by atoms with Crippen LogP contribution < -0.4 is 0 Å². The Morgan fingerprint density at radius 2 is 1.50 bits per heavy atom. The van der Waals surface area contributed by atoms with Gasteiger partial charge in [0.15, 0.2) is 11.6 Å². The predicted octanol–water partition coefficient (Wildman–Crippen LogP) is 6.25. The number of nitrogens with zero attached hydrogens (tertiary/aromatic N) is 1. The van der Waals surface area contributed by atoms with Crippen LogP contribution in [0, 0.1) is 5.92 Å². The van der Waals surface area contributed by atoms with E-state index in [1.807, 2.05) is 0 Å². The van der Waals surface area contributed by atoms with Crippen LogP contribution in [-0.2, 0) is 17.4 Å². The van der Waals surface area contributed by atoms with Gasteiger partial charge in [-0.05, 0) is 48.9 Å². The summed E-state index contributed by atoms with van der Waals surface area (Å²) in [4.78, 5) is 39.5. The Labute approximate surface area is 222 Å². The molecule has 1 fully saturated rings. The average Bonchev–Trinajstić information content (AvgIpc) is 2.90. The van der Waals surface area contributed by atoms with Crippen LogP contribution in [-0.4, -0.2) is 46.2 Å². The van der Waals surface area contributed by atoms with Crippen LogP contribution in [0.5, 0.6) is 0 Å². The summed E-state index contributed by atoms with van der Waals surface area (Å²) in [6.07, 6.45) is -1.20. The van der Waals surface area contributed by atoms with Gasteiger partial charge in [0.05, 0.1) is 17.6 Å². The van der Waals surface area contributed by atoms with E-state index in [2.05, 4.69) is 13.8 Å². The summed E-state index contributed by atoms with van der Waals surface area (Å²) in [7, 11) is 0. The first-order valence-electron chi connectivity index (χ1n) is 13.3. The molecule has 38 heavy (non-hydrogen) atoms. The van der Waals surface area contributed by atoms with Crippen LogP contribution in [0.15, 0.2) is 42.5 Å². The highest BCUT2D eigenvalue weighted by atomic mass is 19.4. The lowest BCUT2D eigenvalue weighted by Crippen LogP contribution is -2.47. The largest absolute Gasteiger partial charge is 0.416 e. The molecule has 0 radical (unpaired) electrons. The molecule has 0 bridgehead atoms. The number of rotatable bonds is 10. The maximum atomic E-state index is 13.7. The van der Waals surface area contributed by atoms with E-state index in [0.717, 1.165) is 25.0 Å². The van der Waals surface area contributed by atoms with Gasteiger partial charge in [-0.2, -0.15) is 13.2 Å². The van der Waals surface area contributed by atoms with E-state index >= 15 is 0 Å². The van der Waals surface area contributed by atoms with E-state index in [0.29, 0.717) is 50.3 Å². The number of aliphatic hydroxyl groups is 1. The molecule has 1 saturated heterocycles. The summed E-state index contributed by atoms with van der Waals surface area (Å²) < 4.78 is 41.0. The minimum atomic E-state index is -4.69. The minimum Gasteiger partial charge on any atom is -0.390 e. The lowest BCUT2D eigenvalue weighted by atomic mass is 9.81. The average molecular weight is 532 g/mol. The van der Waals surface area contributed by atoms with Crippen molar-refractivity contribution in [2.75, 3.05) is 13.1 Å². The summed E-state index contributed by atoms with van der Waals surface area (Å²) >= 11 is 0. The molecule has 3 rings (SSSR count). The number of piperidine rings is 1. The zero-order valence-electron chi connectivity index (χ0n) is 22.2. The second-order valence-electron chi connectivity index (χ2n) is 10.3. The van der Waals surface area contributed by atoms with Crippen LogP contribution in [0.25, 0.3) is 0 Å². The highest BCUT2D eigenvalue weighted by Gasteiger charge is 2.36. The number of halogens is 3. The van der Waals surface area contributed by atoms with Crippen molar-refractivity contribution in [2.45, 2.75) is 77.5 Å². The molecule has 8 heteroatoms. The molecule has 0 atom stereocenters. The van der Waals surface area contributed by atoms with E-state index < -0.39 is 23.1 Å². The maximum absolute atomic E-state index is 13.7. The summed E-state index contributed by atoms with van der Waals surface area (Å²) in [6.45, 7) is 6.57. The first kappa shape index (κ1) is 29.6. The highest BCUT2D eigenvalue weighted by Crippen LogP contribution is 2.33. The molecule has 0 aromatic heterocycles. The lowest BCUT2D eigenvalue weighted by molar-refractivity contribution is -0.138. The predicted molar refractivity (Wildman–Crippen MR) is 139 cm³/mol. The number of benzene rings is 2. The Morgan fingerprint density at radius 3 is 2.03 bits per heavy atom.